The van der Waals surface area contributed by atoms with Crippen LogP contribution in [0.4, 0.5) is 0 Å². The summed E-state index contributed by atoms with van der Waals surface area (Å²) in [5.74, 6) is 1.74. The molecule has 0 amide bonds. The zero-order valence-electron chi connectivity index (χ0n) is 9.79. The molecule has 2 heteroatoms. The summed E-state index contributed by atoms with van der Waals surface area (Å²) in [7, 11) is 0. The quantitative estimate of drug-likeness (QED) is 0.687. The Hall–Kier alpha value is -0.0800. The highest BCUT2D eigenvalue weighted by Crippen LogP contribution is 2.33. The summed E-state index contributed by atoms with van der Waals surface area (Å²) in [6.07, 6.45) is 4.46. The van der Waals surface area contributed by atoms with Crippen LogP contribution in [0.25, 0.3) is 0 Å². The van der Waals surface area contributed by atoms with Crippen LogP contribution in [-0.2, 0) is 0 Å². The van der Waals surface area contributed by atoms with E-state index in [4.69, 9.17) is 0 Å². The van der Waals surface area contributed by atoms with Crippen molar-refractivity contribution < 1.29 is 5.11 Å². The fourth-order valence-electron chi connectivity index (χ4n) is 2.11. The van der Waals surface area contributed by atoms with Crippen LogP contribution in [0.1, 0.15) is 46.5 Å². The van der Waals surface area contributed by atoms with Crippen molar-refractivity contribution in [2.75, 3.05) is 6.54 Å². The minimum absolute atomic E-state index is 0.141. The second-order valence-corrected chi connectivity index (χ2v) is 5.02. The van der Waals surface area contributed by atoms with Crippen molar-refractivity contribution in [2.24, 2.45) is 11.8 Å². The Morgan fingerprint density at radius 2 is 2.00 bits per heavy atom. The molecule has 1 atom stereocenters. The molecule has 0 heterocycles. The van der Waals surface area contributed by atoms with Crippen LogP contribution < -0.4 is 5.32 Å². The molecule has 0 aromatic rings. The van der Waals surface area contributed by atoms with Crippen LogP contribution in [0.2, 0.25) is 0 Å². The van der Waals surface area contributed by atoms with Crippen molar-refractivity contribution in [2.45, 2.75) is 58.6 Å². The first-order valence-corrected chi connectivity index (χ1v) is 6.05. The van der Waals surface area contributed by atoms with E-state index in [-0.39, 0.29) is 6.10 Å². The maximum Gasteiger partial charge on any atom is 0.0664 e. The van der Waals surface area contributed by atoms with E-state index in [0.717, 1.165) is 31.2 Å². The molecule has 0 bridgehead atoms. The minimum Gasteiger partial charge on any atom is -0.392 e. The molecule has 0 aromatic carbocycles. The SMILES string of the molecule is CCCC(O)CNC1CC(C(C)C)C1. The van der Waals surface area contributed by atoms with Crippen LogP contribution in [-0.4, -0.2) is 23.8 Å². The molecule has 1 saturated carbocycles. The summed E-state index contributed by atoms with van der Waals surface area (Å²) in [4.78, 5) is 0. The first-order chi connectivity index (χ1) is 6.63. The molecule has 0 aromatic heterocycles. The van der Waals surface area contributed by atoms with Crippen molar-refractivity contribution in [3.8, 4) is 0 Å². The van der Waals surface area contributed by atoms with Gasteiger partial charge in [0.2, 0.25) is 0 Å². The zero-order valence-corrected chi connectivity index (χ0v) is 9.79. The number of aliphatic hydroxyl groups excluding tert-OH is 1. The second-order valence-electron chi connectivity index (χ2n) is 5.02. The highest BCUT2D eigenvalue weighted by atomic mass is 16.3. The van der Waals surface area contributed by atoms with Crippen molar-refractivity contribution in [3.63, 3.8) is 0 Å². The van der Waals surface area contributed by atoms with Crippen LogP contribution in [0.3, 0.4) is 0 Å². The van der Waals surface area contributed by atoms with E-state index in [1.165, 1.54) is 12.8 Å². The van der Waals surface area contributed by atoms with Gasteiger partial charge in [-0.2, -0.15) is 0 Å². The molecule has 0 saturated heterocycles. The topological polar surface area (TPSA) is 32.3 Å². The van der Waals surface area contributed by atoms with Gasteiger partial charge in [0.05, 0.1) is 6.10 Å². The van der Waals surface area contributed by atoms with Crippen molar-refractivity contribution in [3.05, 3.63) is 0 Å². The Bertz CT molecular complexity index is 152. The van der Waals surface area contributed by atoms with Crippen molar-refractivity contribution >= 4 is 0 Å². The van der Waals surface area contributed by atoms with Gasteiger partial charge < -0.3 is 10.4 Å². The fraction of sp³-hybridized carbons (Fsp3) is 1.00. The largest absolute Gasteiger partial charge is 0.392 e. The average Bonchev–Trinajstić information content (AvgIpc) is 2.01. The third kappa shape index (κ3) is 3.58. The molecule has 1 rings (SSSR count). The Morgan fingerprint density at radius 3 is 2.50 bits per heavy atom. The molecule has 0 aliphatic heterocycles. The first-order valence-electron chi connectivity index (χ1n) is 6.05. The number of hydrogen-bond acceptors (Lipinski definition) is 2. The maximum absolute atomic E-state index is 9.53. The van der Waals surface area contributed by atoms with E-state index in [2.05, 4.69) is 26.1 Å². The lowest BCUT2D eigenvalue weighted by Crippen LogP contribution is -2.45. The van der Waals surface area contributed by atoms with E-state index in [9.17, 15) is 5.11 Å². The van der Waals surface area contributed by atoms with Gasteiger partial charge in [0, 0.05) is 12.6 Å². The molecule has 1 fully saturated rings. The fourth-order valence-corrected chi connectivity index (χ4v) is 2.11. The van der Waals surface area contributed by atoms with Gasteiger partial charge in [0.15, 0.2) is 0 Å². The van der Waals surface area contributed by atoms with Crippen LogP contribution >= 0.6 is 0 Å². The molecule has 1 unspecified atom stereocenters. The summed E-state index contributed by atoms with van der Waals surface area (Å²) >= 11 is 0. The summed E-state index contributed by atoms with van der Waals surface area (Å²) in [5, 5.41) is 13.0. The van der Waals surface area contributed by atoms with Gasteiger partial charge in [-0.1, -0.05) is 27.2 Å². The molecule has 1 aliphatic rings. The maximum atomic E-state index is 9.53. The van der Waals surface area contributed by atoms with Crippen LogP contribution in [0.5, 0.6) is 0 Å². The van der Waals surface area contributed by atoms with Gasteiger partial charge in [-0.15, -0.1) is 0 Å². The lowest BCUT2D eigenvalue weighted by molar-refractivity contribution is 0.123. The van der Waals surface area contributed by atoms with Crippen LogP contribution in [0, 0.1) is 11.8 Å². The smallest absolute Gasteiger partial charge is 0.0664 e. The van der Waals surface area contributed by atoms with E-state index < -0.39 is 0 Å². The Morgan fingerprint density at radius 1 is 1.36 bits per heavy atom. The highest BCUT2D eigenvalue weighted by Gasteiger charge is 2.30. The Labute approximate surface area is 88.1 Å². The first kappa shape index (κ1) is 12.0. The zero-order chi connectivity index (χ0) is 10.6. The predicted octanol–water partition coefficient (Wildman–Crippen LogP) is 2.17. The summed E-state index contributed by atoms with van der Waals surface area (Å²) in [6.45, 7) is 7.49. The highest BCUT2D eigenvalue weighted by molar-refractivity contribution is 4.86. The van der Waals surface area contributed by atoms with Gasteiger partial charge in [-0.05, 0) is 31.1 Å². The van der Waals surface area contributed by atoms with Gasteiger partial charge in [-0.3, -0.25) is 0 Å². The molecular weight excluding hydrogens is 174 g/mol. The van der Waals surface area contributed by atoms with E-state index in [1.807, 2.05) is 0 Å². The average molecular weight is 199 g/mol. The van der Waals surface area contributed by atoms with Crippen molar-refractivity contribution in [1.82, 2.24) is 5.32 Å². The molecule has 2 N–H and O–H groups in total. The van der Waals surface area contributed by atoms with Crippen LogP contribution in [0.15, 0.2) is 0 Å². The third-order valence-corrected chi connectivity index (χ3v) is 3.38. The standard InChI is InChI=1S/C12H25NO/c1-4-5-12(14)8-13-11-6-10(7-11)9(2)3/h9-14H,4-8H2,1-3H3. The summed E-state index contributed by atoms with van der Waals surface area (Å²) < 4.78 is 0. The molecule has 14 heavy (non-hydrogen) atoms. The van der Waals surface area contributed by atoms with E-state index in [1.54, 1.807) is 0 Å². The van der Waals surface area contributed by atoms with Gasteiger partial charge in [0.1, 0.15) is 0 Å². The molecular formula is C12H25NO. The monoisotopic (exact) mass is 199 g/mol. The van der Waals surface area contributed by atoms with Gasteiger partial charge in [-0.25, -0.2) is 0 Å². The van der Waals surface area contributed by atoms with Gasteiger partial charge in [0.25, 0.3) is 0 Å². The molecule has 1 aliphatic carbocycles. The minimum atomic E-state index is -0.141. The lowest BCUT2D eigenvalue weighted by atomic mass is 9.73. The van der Waals surface area contributed by atoms with E-state index >= 15 is 0 Å². The van der Waals surface area contributed by atoms with E-state index in [0.29, 0.717) is 6.04 Å². The van der Waals surface area contributed by atoms with Crippen molar-refractivity contribution in [1.29, 1.82) is 0 Å². The number of rotatable bonds is 6. The number of hydrogen-bond donors (Lipinski definition) is 2. The summed E-state index contributed by atoms with van der Waals surface area (Å²) in [5.41, 5.74) is 0. The number of aliphatic hydroxyl groups is 1. The second kappa shape index (κ2) is 5.72. The third-order valence-electron chi connectivity index (χ3n) is 3.38. The Kier molecular flexibility index (Phi) is 4.90. The Balaban J connectivity index is 2.00. The molecule has 2 nitrogen and oxygen atoms in total. The normalized spacial score (nSPS) is 28.9. The molecule has 0 spiro atoms. The molecule has 0 radical (unpaired) electrons. The van der Waals surface area contributed by atoms with Gasteiger partial charge >= 0.3 is 0 Å². The predicted molar refractivity (Wildman–Crippen MR) is 60.3 cm³/mol. The lowest BCUT2D eigenvalue weighted by Gasteiger charge is -2.39. The summed E-state index contributed by atoms with van der Waals surface area (Å²) in [6, 6.07) is 0.675. The number of nitrogens with one attached hydrogen (secondary N) is 1. The molecule has 84 valence electrons.